The topological polar surface area (TPSA) is 68.3 Å². The van der Waals surface area contributed by atoms with Gasteiger partial charge in [0.05, 0.1) is 11.0 Å². The maximum atomic E-state index is 12.1. The molecule has 0 aliphatic heterocycles. The quantitative estimate of drug-likeness (QED) is 0.676. The van der Waals surface area contributed by atoms with Crippen LogP contribution in [0.3, 0.4) is 0 Å². The monoisotopic (exact) mass is 276 g/mol. The van der Waals surface area contributed by atoms with E-state index in [1.54, 1.807) is 18.3 Å². The van der Waals surface area contributed by atoms with Crippen LogP contribution in [0.5, 0.6) is 0 Å². The fourth-order valence-electron chi connectivity index (χ4n) is 2.48. The Balaban J connectivity index is 1.78. The lowest BCUT2D eigenvalue weighted by Crippen LogP contribution is -2.36. The molecule has 1 N–H and O–H groups in total. The Morgan fingerprint density at radius 2 is 2.10 bits per heavy atom. The molecular formula is C15H20N2O3. The van der Waals surface area contributed by atoms with E-state index in [4.69, 9.17) is 4.74 Å². The van der Waals surface area contributed by atoms with E-state index in [1.807, 2.05) is 6.92 Å². The van der Waals surface area contributed by atoms with Crippen LogP contribution < -0.4 is 5.32 Å². The number of ether oxygens (including phenoxy) is 1. The first-order chi connectivity index (χ1) is 9.62. The number of hydrogen-bond donors (Lipinski definition) is 1. The Morgan fingerprint density at radius 1 is 1.35 bits per heavy atom. The van der Waals surface area contributed by atoms with E-state index in [0.717, 1.165) is 25.7 Å². The molecule has 108 valence electrons. The molecule has 5 heteroatoms. The number of amides is 1. The molecule has 1 aliphatic carbocycles. The Hall–Kier alpha value is -1.91. The minimum atomic E-state index is -0.392. The molecule has 1 aromatic rings. The predicted octanol–water partition coefficient (Wildman–Crippen LogP) is 2.28. The van der Waals surface area contributed by atoms with E-state index in [-0.39, 0.29) is 18.6 Å². The number of nitrogens with one attached hydrogen (secondary N) is 1. The highest BCUT2D eigenvalue weighted by atomic mass is 16.5. The summed E-state index contributed by atoms with van der Waals surface area (Å²) in [5, 5.41) is 2.56. The Kier molecular flexibility index (Phi) is 4.71. The van der Waals surface area contributed by atoms with Crippen molar-refractivity contribution in [3.63, 3.8) is 0 Å². The zero-order chi connectivity index (χ0) is 14.4. The SMILES string of the molecule is CC1(C(=O)OCNC(=O)c2cccnc2)CCCCC1. The van der Waals surface area contributed by atoms with Gasteiger partial charge in [-0.25, -0.2) is 0 Å². The van der Waals surface area contributed by atoms with Crippen LogP contribution in [0.4, 0.5) is 0 Å². The molecule has 20 heavy (non-hydrogen) atoms. The summed E-state index contributed by atoms with van der Waals surface area (Å²) in [7, 11) is 0. The van der Waals surface area contributed by atoms with Gasteiger partial charge >= 0.3 is 5.97 Å². The lowest BCUT2D eigenvalue weighted by molar-refractivity contribution is -0.157. The molecule has 1 amide bonds. The van der Waals surface area contributed by atoms with Crippen molar-refractivity contribution in [3.8, 4) is 0 Å². The fourth-order valence-corrected chi connectivity index (χ4v) is 2.48. The second kappa shape index (κ2) is 6.50. The lowest BCUT2D eigenvalue weighted by Gasteiger charge is -2.30. The number of carbonyl (C=O) groups excluding carboxylic acids is 2. The van der Waals surface area contributed by atoms with Gasteiger partial charge in [0.2, 0.25) is 0 Å². The number of rotatable bonds is 4. The maximum Gasteiger partial charge on any atom is 0.313 e. The average molecular weight is 276 g/mol. The van der Waals surface area contributed by atoms with E-state index >= 15 is 0 Å². The minimum absolute atomic E-state index is 0.0951. The Bertz CT molecular complexity index is 467. The highest BCUT2D eigenvalue weighted by Crippen LogP contribution is 2.36. The van der Waals surface area contributed by atoms with E-state index < -0.39 is 5.41 Å². The Morgan fingerprint density at radius 3 is 2.75 bits per heavy atom. The summed E-state index contributed by atoms with van der Waals surface area (Å²) in [6.45, 7) is 1.85. The van der Waals surface area contributed by atoms with Crippen molar-refractivity contribution in [2.45, 2.75) is 39.0 Å². The normalized spacial score (nSPS) is 17.2. The molecule has 2 rings (SSSR count). The van der Waals surface area contributed by atoms with Crippen molar-refractivity contribution >= 4 is 11.9 Å². The van der Waals surface area contributed by atoms with Crippen molar-refractivity contribution in [2.24, 2.45) is 5.41 Å². The van der Waals surface area contributed by atoms with Gasteiger partial charge in [-0.3, -0.25) is 14.6 Å². The number of carbonyl (C=O) groups is 2. The molecule has 0 unspecified atom stereocenters. The molecule has 0 radical (unpaired) electrons. The third kappa shape index (κ3) is 3.56. The number of nitrogens with zero attached hydrogens (tertiary/aromatic N) is 1. The molecule has 0 spiro atoms. The van der Waals surface area contributed by atoms with E-state index in [1.165, 1.54) is 12.6 Å². The first kappa shape index (κ1) is 14.5. The van der Waals surface area contributed by atoms with Crippen LogP contribution in [0.2, 0.25) is 0 Å². The Labute approximate surface area is 118 Å². The molecule has 1 aliphatic rings. The summed E-state index contributed by atoms with van der Waals surface area (Å²) < 4.78 is 5.19. The smallest absolute Gasteiger partial charge is 0.313 e. The lowest BCUT2D eigenvalue weighted by atomic mass is 9.76. The average Bonchev–Trinajstić information content (AvgIpc) is 2.48. The van der Waals surface area contributed by atoms with Crippen molar-refractivity contribution < 1.29 is 14.3 Å². The predicted molar refractivity (Wildman–Crippen MR) is 73.9 cm³/mol. The van der Waals surface area contributed by atoms with Gasteiger partial charge in [0.25, 0.3) is 5.91 Å². The van der Waals surface area contributed by atoms with Crippen LogP contribution in [0.1, 0.15) is 49.4 Å². The summed E-state index contributed by atoms with van der Waals surface area (Å²) in [4.78, 5) is 27.7. The van der Waals surface area contributed by atoms with Gasteiger partial charge in [-0.2, -0.15) is 0 Å². The second-order valence-electron chi connectivity index (χ2n) is 5.45. The molecular weight excluding hydrogens is 256 g/mol. The van der Waals surface area contributed by atoms with Gasteiger partial charge in [-0.15, -0.1) is 0 Å². The van der Waals surface area contributed by atoms with Gasteiger partial charge in [0, 0.05) is 12.4 Å². The zero-order valence-electron chi connectivity index (χ0n) is 11.7. The molecule has 1 fully saturated rings. The molecule has 5 nitrogen and oxygen atoms in total. The third-order valence-corrected chi connectivity index (χ3v) is 3.81. The van der Waals surface area contributed by atoms with Gasteiger partial charge in [-0.1, -0.05) is 19.3 Å². The van der Waals surface area contributed by atoms with Crippen LogP contribution in [-0.2, 0) is 9.53 Å². The molecule has 0 saturated heterocycles. The summed E-state index contributed by atoms with van der Waals surface area (Å²) >= 11 is 0. The van der Waals surface area contributed by atoms with E-state index in [0.29, 0.717) is 5.56 Å². The van der Waals surface area contributed by atoms with Gasteiger partial charge < -0.3 is 10.1 Å². The van der Waals surface area contributed by atoms with Crippen molar-refractivity contribution in [1.29, 1.82) is 0 Å². The molecule has 1 saturated carbocycles. The largest absolute Gasteiger partial charge is 0.444 e. The van der Waals surface area contributed by atoms with Gasteiger partial charge in [-0.05, 0) is 31.9 Å². The van der Waals surface area contributed by atoms with Crippen molar-refractivity contribution in [2.75, 3.05) is 6.73 Å². The fraction of sp³-hybridized carbons (Fsp3) is 0.533. The second-order valence-corrected chi connectivity index (χ2v) is 5.45. The highest BCUT2D eigenvalue weighted by Gasteiger charge is 2.36. The third-order valence-electron chi connectivity index (χ3n) is 3.81. The summed E-state index contributed by atoms with van der Waals surface area (Å²) in [5.41, 5.74) is 0.0597. The van der Waals surface area contributed by atoms with Crippen molar-refractivity contribution in [1.82, 2.24) is 10.3 Å². The number of aromatic nitrogens is 1. The first-order valence-corrected chi connectivity index (χ1v) is 6.97. The molecule has 0 bridgehead atoms. The summed E-state index contributed by atoms with van der Waals surface area (Å²) in [5.74, 6) is -0.511. The van der Waals surface area contributed by atoms with Crippen LogP contribution >= 0.6 is 0 Å². The molecule has 1 heterocycles. The number of esters is 1. The van der Waals surface area contributed by atoms with Crippen LogP contribution in [0.15, 0.2) is 24.5 Å². The minimum Gasteiger partial charge on any atom is -0.444 e. The van der Waals surface area contributed by atoms with Gasteiger partial charge in [0.15, 0.2) is 6.73 Å². The zero-order valence-corrected chi connectivity index (χ0v) is 11.7. The van der Waals surface area contributed by atoms with Crippen LogP contribution in [-0.4, -0.2) is 23.6 Å². The standard InChI is InChI=1S/C15H20N2O3/c1-15(7-3-2-4-8-15)14(19)20-11-17-13(18)12-6-5-9-16-10-12/h5-6,9-10H,2-4,7-8,11H2,1H3,(H,17,18). The van der Waals surface area contributed by atoms with Crippen LogP contribution in [0, 0.1) is 5.41 Å². The highest BCUT2D eigenvalue weighted by molar-refractivity contribution is 5.93. The summed E-state index contributed by atoms with van der Waals surface area (Å²) in [6, 6.07) is 3.34. The molecule has 0 atom stereocenters. The number of hydrogen-bond acceptors (Lipinski definition) is 4. The van der Waals surface area contributed by atoms with Gasteiger partial charge in [0.1, 0.15) is 0 Å². The van der Waals surface area contributed by atoms with Crippen LogP contribution in [0.25, 0.3) is 0 Å². The molecule has 1 aromatic heterocycles. The first-order valence-electron chi connectivity index (χ1n) is 6.97. The maximum absolute atomic E-state index is 12.1. The van der Waals surface area contributed by atoms with E-state index in [2.05, 4.69) is 10.3 Å². The van der Waals surface area contributed by atoms with E-state index in [9.17, 15) is 9.59 Å². The summed E-state index contributed by atoms with van der Waals surface area (Å²) in [6.07, 6.45) is 8.10. The van der Waals surface area contributed by atoms with Crippen molar-refractivity contribution in [3.05, 3.63) is 30.1 Å². The molecule has 0 aromatic carbocycles. The number of pyridine rings is 1.